The molecule has 1 heteroatoms. The van der Waals surface area contributed by atoms with E-state index in [1.165, 1.54) is 94.6 Å². The predicted octanol–water partition coefficient (Wildman–Crippen LogP) is 12.5. The Kier molecular flexibility index (Phi) is 6.29. The lowest BCUT2D eigenvalue weighted by atomic mass is 9.70. The van der Waals surface area contributed by atoms with E-state index in [4.69, 9.17) is 0 Å². The van der Waals surface area contributed by atoms with Gasteiger partial charge >= 0.3 is 0 Å². The summed E-state index contributed by atoms with van der Waals surface area (Å²) < 4.78 is 2.42. The monoisotopic (exact) mass is 637 g/mol. The third-order valence-electron chi connectivity index (χ3n) is 11.2. The van der Waals surface area contributed by atoms with Crippen LogP contribution >= 0.6 is 0 Å². The summed E-state index contributed by atoms with van der Waals surface area (Å²) in [5, 5.41) is 1.26. The molecule has 1 heterocycles. The van der Waals surface area contributed by atoms with Crippen LogP contribution in [0, 0.1) is 6.92 Å². The number of benzene rings is 7. The van der Waals surface area contributed by atoms with Crippen LogP contribution in [-0.4, -0.2) is 4.57 Å². The Morgan fingerprint density at radius 1 is 0.500 bits per heavy atom. The molecule has 0 bridgehead atoms. The Morgan fingerprint density at radius 2 is 1.06 bits per heavy atom. The lowest BCUT2D eigenvalue weighted by molar-refractivity contribution is 0.793. The Hall–Kier alpha value is -6.18. The number of rotatable bonds is 4. The minimum Gasteiger partial charge on any atom is -0.313 e. The SMILES string of the molecule is C/C(=C\c1c(C)n(-c2cccc(-c3ccccc3)c2)c2ccccc12)c1ccc2c(c1)C1(c3ccccc3-c3ccccc31)c1ccccc1-2. The van der Waals surface area contributed by atoms with Crippen molar-refractivity contribution in [2.24, 2.45) is 0 Å². The summed E-state index contributed by atoms with van der Waals surface area (Å²) in [7, 11) is 0. The van der Waals surface area contributed by atoms with E-state index in [1.807, 2.05) is 0 Å². The molecular formula is C49H35N. The van der Waals surface area contributed by atoms with Gasteiger partial charge in [0.2, 0.25) is 0 Å². The van der Waals surface area contributed by atoms with Gasteiger partial charge in [-0.25, -0.2) is 0 Å². The van der Waals surface area contributed by atoms with Gasteiger partial charge in [0.15, 0.2) is 0 Å². The van der Waals surface area contributed by atoms with E-state index in [2.05, 4.69) is 194 Å². The van der Waals surface area contributed by atoms with Gasteiger partial charge in [-0.1, -0.05) is 146 Å². The fourth-order valence-electron chi connectivity index (χ4n) is 9.00. The molecule has 0 N–H and O–H groups in total. The average Bonchev–Trinajstić information content (AvgIpc) is 3.76. The molecule has 0 unspecified atom stereocenters. The van der Waals surface area contributed by atoms with Gasteiger partial charge in [-0.05, 0) is 111 Å². The number of hydrogen-bond acceptors (Lipinski definition) is 0. The summed E-state index contributed by atoms with van der Waals surface area (Å²) >= 11 is 0. The van der Waals surface area contributed by atoms with Crippen LogP contribution in [0.2, 0.25) is 0 Å². The van der Waals surface area contributed by atoms with E-state index in [0.717, 1.165) is 0 Å². The Morgan fingerprint density at radius 3 is 1.74 bits per heavy atom. The van der Waals surface area contributed by atoms with Crippen molar-refractivity contribution >= 4 is 22.6 Å². The maximum Gasteiger partial charge on any atom is 0.0725 e. The normalized spacial score (nSPS) is 13.7. The largest absolute Gasteiger partial charge is 0.313 e. The van der Waals surface area contributed by atoms with Crippen LogP contribution in [0.1, 0.15) is 46.0 Å². The number of fused-ring (bicyclic) bond motifs is 11. The zero-order valence-electron chi connectivity index (χ0n) is 28.2. The van der Waals surface area contributed by atoms with Gasteiger partial charge < -0.3 is 4.57 Å². The predicted molar refractivity (Wildman–Crippen MR) is 210 cm³/mol. The van der Waals surface area contributed by atoms with Gasteiger partial charge in [-0.2, -0.15) is 0 Å². The van der Waals surface area contributed by atoms with E-state index >= 15 is 0 Å². The molecule has 0 atom stereocenters. The van der Waals surface area contributed by atoms with E-state index in [9.17, 15) is 0 Å². The van der Waals surface area contributed by atoms with Crippen molar-refractivity contribution in [2.75, 3.05) is 0 Å². The van der Waals surface area contributed by atoms with E-state index in [0.29, 0.717) is 0 Å². The molecule has 0 fully saturated rings. The second-order valence-corrected chi connectivity index (χ2v) is 13.7. The Balaban J connectivity index is 1.15. The molecule has 2 aliphatic carbocycles. The van der Waals surface area contributed by atoms with E-state index < -0.39 is 0 Å². The zero-order valence-corrected chi connectivity index (χ0v) is 28.2. The molecule has 0 saturated carbocycles. The van der Waals surface area contributed by atoms with Crippen LogP contribution in [0.5, 0.6) is 0 Å². The van der Waals surface area contributed by atoms with Gasteiger partial charge in [-0.3, -0.25) is 0 Å². The summed E-state index contributed by atoms with van der Waals surface area (Å²) in [4.78, 5) is 0. The molecule has 236 valence electrons. The van der Waals surface area contributed by atoms with Crippen LogP contribution < -0.4 is 0 Å². The molecule has 2 aliphatic rings. The summed E-state index contributed by atoms with van der Waals surface area (Å²) in [5.74, 6) is 0. The van der Waals surface area contributed by atoms with E-state index in [1.54, 1.807) is 0 Å². The van der Waals surface area contributed by atoms with Gasteiger partial charge in [0, 0.05) is 22.3 Å². The molecule has 0 amide bonds. The van der Waals surface area contributed by atoms with Crippen LogP contribution in [0.3, 0.4) is 0 Å². The first-order valence-electron chi connectivity index (χ1n) is 17.5. The summed E-state index contributed by atoms with van der Waals surface area (Å²) in [5.41, 5.74) is 20.3. The fraction of sp³-hybridized carbons (Fsp3) is 0.0612. The molecule has 0 aliphatic heterocycles. The number of nitrogens with zero attached hydrogens (tertiary/aromatic N) is 1. The van der Waals surface area contributed by atoms with Crippen molar-refractivity contribution in [3.8, 4) is 39.1 Å². The molecule has 0 radical (unpaired) electrons. The Labute approximate surface area is 293 Å². The molecule has 8 aromatic rings. The highest BCUT2D eigenvalue weighted by Crippen LogP contribution is 2.62. The second-order valence-electron chi connectivity index (χ2n) is 13.7. The summed E-state index contributed by atoms with van der Waals surface area (Å²) in [6, 6.07) is 62.6. The highest BCUT2D eigenvalue weighted by Gasteiger charge is 2.51. The van der Waals surface area contributed by atoms with Crippen LogP contribution in [0.25, 0.3) is 61.6 Å². The van der Waals surface area contributed by atoms with Gasteiger partial charge in [-0.15, -0.1) is 0 Å². The fourth-order valence-corrected chi connectivity index (χ4v) is 9.00. The molecule has 50 heavy (non-hydrogen) atoms. The standard InChI is InChI=1S/C49H35N/c1-32(29-43-33(2)50(48-26-13-9-22-42(43)48)37-18-14-17-36(30-37)34-15-4-3-5-16-34)35-27-28-41-40-21-8-12-25-46(40)49(47(41)31-35)44-23-10-6-19-38(44)39-20-7-11-24-45(39)49/h3-31H,1-2H3/b32-29+. The molecular weight excluding hydrogens is 603 g/mol. The van der Waals surface area contributed by atoms with Crippen molar-refractivity contribution in [1.82, 2.24) is 4.57 Å². The zero-order chi connectivity index (χ0) is 33.4. The first-order valence-corrected chi connectivity index (χ1v) is 17.5. The summed E-state index contributed by atoms with van der Waals surface area (Å²) in [6.07, 6.45) is 2.41. The maximum absolute atomic E-state index is 2.48. The summed E-state index contributed by atoms with van der Waals surface area (Å²) in [6.45, 7) is 4.53. The quantitative estimate of drug-likeness (QED) is 0.181. The number of para-hydroxylation sites is 1. The van der Waals surface area contributed by atoms with Crippen LogP contribution in [0.4, 0.5) is 0 Å². The van der Waals surface area contributed by atoms with E-state index in [-0.39, 0.29) is 5.41 Å². The molecule has 1 spiro atoms. The van der Waals surface area contributed by atoms with Crippen molar-refractivity contribution in [3.63, 3.8) is 0 Å². The first kappa shape index (κ1) is 28.8. The minimum atomic E-state index is -0.342. The topological polar surface area (TPSA) is 4.93 Å². The second kappa shape index (κ2) is 10.9. The van der Waals surface area contributed by atoms with Crippen molar-refractivity contribution in [2.45, 2.75) is 19.3 Å². The average molecular weight is 638 g/mol. The van der Waals surface area contributed by atoms with Gasteiger partial charge in [0.1, 0.15) is 0 Å². The van der Waals surface area contributed by atoms with Crippen molar-refractivity contribution in [3.05, 3.63) is 209 Å². The van der Waals surface area contributed by atoms with Gasteiger partial charge in [0.05, 0.1) is 10.9 Å². The molecule has 1 nitrogen and oxygen atoms in total. The minimum absolute atomic E-state index is 0.342. The van der Waals surface area contributed by atoms with Crippen LogP contribution in [-0.2, 0) is 5.41 Å². The molecule has 0 saturated heterocycles. The highest BCUT2D eigenvalue weighted by molar-refractivity contribution is 5.99. The number of allylic oxidation sites excluding steroid dienone is 1. The maximum atomic E-state index is 2.48. The van der Waals surface area contributed by atoms with Gasteiger partial charge in [0.25, 0.3) is 0 Å². The van der Waals surface area contributed by atoms with Crippen molar-refractivity contribution < 1.29 is 0 Å². The third-order valence-corrected chi connectivity index (χ3v) is 11.2. The first-order chi connectivity index (χ1) is 24.6. The van der Waals surface area contributed by atoms with Crippen molar-refractivity contribution in [1.29, 1.82) is 0 Å². The number of hydrogen-bond donors (Lipinski definition) is 0. The Bertz CT molecular complexity index is 2600. The molecule has 10 rings (SSSR count). The molecule has 7 aromatic carbocycles. The lowest BCUT2D eigenvalue weighted by Crippen LogP contribution is -2.25. The lowest BCUT2D eigenvalue weighted by Gasteiger charge is -2.30. The smallest absolute Gasteiger partial charge is 0.0725 e. The highest BCUT2D eigenvalue weighted by atomic mass is 15.0. The van der Waals surface area contributed by atoms with Crippen LogP contribution in [0.15, 0.2) is 170 Å². The molecule has 1 aromatic heterocycles. The third kappa shape index (κ3) is 3.95. The number of aromatic nitrogens is 1.